The van der Waals surface area contributed by atoms with Gasteiger partial charge < -0.3 is 10.4 Å². The molecule has 5 heteroatoms. The van der Waals surface area contributed by atoms with Crippen molar-refractivity contribution in [2.24, 2.45) is 0 Å². The first-order chi connectivity index (χ1) is 10.2. The summed E-state index contributed by atoms with van der Waals surface area (Å²) < 4.78 is 0. The number of hydrogen-bond donors (Lipinski definition) is 2. The largest absolute Gasteiger partial charge is 0.481 e. The number of nitrogens with one attached hydrogen (secondary N) is 1. The van der Waals surface area contributed by atoms with E-state index in [1.54, 1.807) is 0 Å². The molecule has 2 aliphatic heterocycles. The molecule has 114 valence electrons. The smallest absolute Gasteiger partial charge is 0.312 e. The Morgan fingerprint density at radius 2 is 1.86 bits per heavy atom. The average Bonchev–Trinajstić information content (AvgIpc) is 2.45. The molecule has 2 heterocycles. The van der Waals surface area contributed by atoms with Crippen LogP contribution < -0.4 is 5.32 Å². The zero-order chi connectivity index (χ0) is 14.7. The molecule has 1 aromatic carbocycles. The van der Waals surface area contributed by atoms with Gasteiger partial charge in [0.25, 0.3) is 0 Å². The summed E-state index contributed by atoms with van der Waals surface area (Å²) in [6.45, 7) is 6.83. The van der Waals surface area contributed by atoms with Crippen LogP contribution in [0.25, 0.3) is 0 Å². The van der Waals surface area contributed by atoms with Gasteiger partial charge in [-0.25, -0.2) is 0 Å². The highest BCUT2D eigenvalue weighted by molar-refractivity contribution is 5.76. The Bertz CT molecular complexity index is 468. The van der Waals surface area contributed by atoms with Crippen molar-refractivity contribution in [1.29, 1.82) is 0 Å². The molecule has 0 aromatic heterocycles. The maximum Gasteiger partial charge on any atom is 0.312 e. The monoisotopic (exact) mass is 289 g/mol. The van der Waals surface area contributed by atoms with Gasteiger partial charge in [-0.15, -0.1) is 0 Å². The van der Waals surface area contributed by atoms with Crippen LogP contribution in [0, 0.1) is 0 Å². The first kappa shape index (κ1) is 14.5. The Kier molecular flexibility index (Phi) is 4.53. The maximum atomic E-state index is 11.6. The average molecular weight is 289 g/mol. The van der Waals surface area contributed by atoms with Gasteiger partial charge in [0.2, 0.25) is 0 Å². The van der Waals surface area contributed by atoms with E-state index in [0.29, 0.717) is 12.6 Å². The van der Waals surface area contributed by atoms with Crippen LogP contribution >= 0.6 is 0 Å². The maximum absolute atomic E-state index is 11.6. The van der Waals surface area contributed by atoms with Crippen molar-refractivity contribution >= 4 is 5.97 Å². The Balaban J connectivity index is 1.56. The second-order valence-corrected chi connectivity index (χ2v) is 5.95. The molecule has 0 spiro atoms. The van der Waals surface area contributed by atoms with Crippen LogP contribution in [0.1, 0.15) is 11.5 Å². The zero-order valence-electron chi connectivity index (χ0n) is 12.2. The summed E-state index contributed by atoms with van der Waals surface area (Å²) in [4.78, 5) is 16.4. The molecule has 3 rings (SSSR count). The van der Waals surface area contributed by atoms with E-state index in [-0.39, 0.29) is 0 Å². The van der Waals surface area contributed by atoms with E-state index in [9.17, 15) is 9.90 Å². The number of benzene rings is 1. The van der Waals surface area contributed by atoms with E-state index < -0.39 is 11.9 Å². The van der Waals surface area contributed by atoms with Crippen LogP contribution in [-0.2, 0) is 4.79 Å². The van der Waals surface area contributed by atoms with Crippen molar-refractivity contribution in [2.45, 2.75) is 12.0 Å². The molecule has 1 aromatic rings. The third-order valence-corrected chi connectivity index (χ3v) is 4.62. The fraction of sp³-hybridized carbons (Fsp3) is 0.562. The van der Waals surface area contributed by atoms with Gasteiger partial charge in [0, 0.05) is 51.9 Å². The lowest BCUT2D eigenvalue weighted by atomic mass is 9.98. The Hall–Kier alpha value is -1.43. The van der Waals surface area contributed by atoms with Gasteiger partial charge in [-0.1, -0.05) is 30.3 Å². The summed E-state index contributed by atoms with van der Waals surface area (Å²) in [5.74, 6) is -1.16. The molecule has 0 radical (unpaired) electrons. The summed E-state index contributed by atoms with van der Waals surface area (Å²) in [5.41, 5.74) is 0.899. The van der Waals surface area contributed by atoms with Gasteiger partial charge >= 0.3 is 5.97 Å². The topological polar surface area (TPSA) is 55.8 Å². The van der Waals surface area contributed by atoms with Crippen LogP contribution in [-0.4, -0.2) is 72.7 Å². The number of carboxylic acids is 1. The number of rotatable bonds is 5. The van der Waals surface area contributed by atoms with E-state index >= 15 is 0 Å². The Morgan fingerprint density at radius 3 is 2.38 bits per heavy atom. The minimum atomic E-state index is -0.730. The predicted molar refractivity (Wildman–Crippen MR) is 81.5 cm³/mol. The lowest BCUT2D eigenvalue weighted by Gasteiger charge is -2.43. The molecule has 0 saturated carbocycles. The highest BCUT2D eigenvalue weighted by atomic mass is 16.4. The molecule has 21 heavy (non-hydrogen) atoms. The summed E-state index contributed by atoms with van der Waals surface area (Å²) in [6.07, 6.45) is 0. The molecular formula is C16H23N3O2. The number of nitrogens with zero attached hydrogens (tertiary/aromatic N) is 2. The fourth-order valence-electron chi connectivity index (χ4n) is 3.11. The minimum Gasteiger partial charge on any atom is -0.481 e. The molecule has 5 nitrogen and oxygen atoms in total. The lowest BCUT2D eigenvalue weighted by molar-refractivity contribution is -0.139. The number of aliphatic carboxylic acids is 1. The van der Waals surface area contributed by atoms with Gasteiger partial charge in [-0.2, -0.15) is 0 Å². The first-order valence-corrected chi connectivity index (χ1v) is 7.69. The molecule has 1 unspecified atom stereocenters. The zero-order valence-corrected chi connectivity index (χ0v) is 12.2. The first-order valence-electron chi connectivity index (χ1n) is 7.69. The van der Waals surface area contributed by atoms with Crippen molar-refractivity contribution in [3.8, 4) is 0 Å². The number of carbonyl (C=O) groups is 1. The predicted octanol–water partition coefficient (Wildman–Crippen LogP) is 0.444. The van der Waals surface area contributed by atoms with E-state index in [2.05, 4.69) is 15.1 Å². The van der Waals surface area contributed by atoms with Crippen molar-refractivity contribution in [3.63, 3.8) is 0 Å². The van der Waals surface area contributed by atoms with Crippen LogP contribution in [0.15, 0.2) is 30.3 Å². The summed E-state index contributed by atoms with van der Waals surface area (Å²) >= 11 is 0. The second kappa shape index (κ2) is 6.56. The minimum absolute atomic E-state index is 0.428. The van der Waals surface area contributed by atoms with E-state index in [1.807, 2.05) is 30.3 Å². The molecule has 2 saturated heterocycles. The van der Waals surface area contributed by atoms with Crippen LogP contribution in [0.2, 0.25) is 0 Å². The molecular weight excluding hydrogens is 266 g/mol. The summed E-state index contributed by atoms with van der Waals surface area (Å²) in [6, 6.07) is 10.3. The van der Waals surface area contributed by atoms with Crippen molar-refractivity contribution in [1.82, 2.24) is 15.1 Å². The Morgan fingerprint density at radius 1 is 1.19 bits per heavy atom. The summed E-state index contributed by atoms with van der Waals surface area (Å²) in [5, 5.41) is 12.8. The molecule has 2 N–H and O–H groups in total. The number of hydrogen-bond acceptors (Lipinski definition) is 4. The van der Waals surface area contributed by atoms with E-state index in [1.165, 1.54) is 0 Å². The van der Waals surface area contributed by atoms with E-state index in [4.69, 9.17) is 0 Å². The molecule has 2 aliphatic rings. The summed E-state index contributed by atoms with van der Waals surface area (Å²) in [7, 11) is 0. The van der Waals surface area contributed by atoms with Gasteiger partial charge in [0.05, 0.1) is 5.92 Å². The van der Waals surface area contributed by atoms with Crippen molar-refractivity contribution in [2.75, 3.05) is 45.8 Å². The quantitative estimate of drug-likeness (QED) is 0.824. The lowest BCUT2D eigenvalue weighted by Crippen LogP contribution is -2.61. The van der Waals surface area contributed by atoms with Crippen molar-refractivity contribution < 1.29 is 9.90 Å². The van der Waals surface area contributed by atoms with Crippen LogP contribution in [0.3, 0.4) is 0 Å². The van der Waals surface area contributed by atoms with Gasteiger partial charge in [0.15, 0.2) is 0 Å². The van der Waals surface area contributed by atoms with Gasteiger partial charge in [0.1, 0.15) is 0 Å². The third kappa shape index (κ3) is 3.43. The molecule has 0 aliphatic carbocycles. The number of piperazine rings is 1. The molecule has 0 amide bonds. The van der Waals surface area contributed by atoms with Crippen molar-refractivity contribution in [3.05, 3.63) is 35.9 Å². The highest BCUT2D eigenvalue weighted by Gasteiger charge is 2.30. The van der Waals surface area contributed by atoms with Crippen LogP contribution in [0.5, 0.6) is 0 Å². The molecule has 0 bridgehead atoms. The van der Waals surface area contributed by atoms with Crippen LogP contribution in [0.4, 0.5) is 0 Å². The second-order valence-electron chi connectivity index (χ2n) is 5.95. The molecule has 1 atom stereocenters. The Labute approximate surface area is 125 Å². The fourth-order valence-corrected chi connectivity index (χ4v) is 3.11. The SMILES string of the molecule is O=C(O)C(CN1CCN(C2CNC2)CC1)c1ccccc1. The normalized spacial score (nSPS) is 22.7. The highest BCUT2D eigenvalue weighted by Crippen LogP contribution is 2.19. The third-order valence-electron chi connectivity index (χ3n) is 4.62. The standard InChI is InChI=1S/C16H23N3O2/c20-16(21)15(13-4-2-1-3-5-13)12-18-6-8-19(9-7-18)14-10-17-11-14/h1-5,14-15,17H,6-12H2,(H,20,21). The number of carboxylic acid groups (broad SMARTS) is 1. The van der Waals surface area contributed by atoms with Gasteiger partial charge in [-0.05, 0) is 5.56 Å². The van der Waals surface area contributed by atoms with Gasteiger partial charge in [-0.3, -0.25) is 14.6 Å². The van der Waals surface area contributed by atoms with E-state index in [0.717, 1.165) is 44.8 Å². The molecule has 2 fully saturated rings.